The monoisotopic (exact) mass is 818 g/mol. The first kappa shape index (κ1) is 44.7. The van der Waals surface area contributed by atoms with Gasteiger partial charge in [0.25, 0.3) is 8.32 Å². The Kier molecular flexibility index (Phi) is 16.8. The van der Waals surface area contributed by atoms with E-state index in [1.807, 2.05) is 47.4 Å². The second kappa shape index (κ2) is 21.5. The molecule has 3 fully saturated rings. The van der Waals surface area contributed by atoms with Crippen molar-refractivity contribution >= 4 is 55.8 Å². The third-order valence-electron chi connectivity index (χ3n) is 10.3. The summed E-state index contributed by atoms with van der Waals surface area (Å²) in [6, 6.07) is 27.0. The molecular weight excluding hydrogens is 760 g/mol. The van der Waals surface area contributed by atoms with Gasteiger partial charge in [-0.3, -0.25) is 10.6 Å². The molecule has 5 heterocycles. The summed E-state index contributed by atoms with van der Waals surface area (Å²) in [7, 11) is -1.90. The Balaban J connectivity index is 0.000000227. The number of hydrogen-bond donors (Lipinski definition) is 3. The molecule has 2 aromatic heterocycles. The maximum absolute atomic E-state index is 12.6. The molecule has 4 aromatic rings. The molecule has 3 saturated heterocycles. The molecule has 0 aliphatic carbocycles. The summed E-state index contributed by atoms with van der Waals surface area (Å²) < 4.78 is 11.2. The predicted octanol–water partition coefficient (Wildman–Crippen LogP) is 8.18. The third kappa shape index (κ3) is 13.8. The molecule has 0 spiro atoms. The van der Waals surface area contributed by atoms with Crippen LogP contribution in [0.4, 0.5) is 32.6 Å². The Morgan fingerprint density at radius 2 is 1.11 bits per heavy atom. The third-order valence-corrected chi connectivity index (χ3v) is 14.7. The maximum atomic E-state index is 12.6. The molecule has 0 saturated carbocycles. The first-order valence-electron chi connectivity index (χ1n) is 19.5. The van der Waals surface area contributed by atoms with Crippen LogP contribution in [0, 0.1) is 0 Å². The summed E-state index contributed by atoms with van der Waals surface area (Å²) in [5.41, 5.74) is 2.38. The van der Waals surface area contributed by atoms with E-state index in [0.29, 0.717) is 37.8 Å². The lowest BCUT2D eigenvalue weighted by Crippen LogP contribution is -2.50. The van der Waals surface area contributed by atoms with Crippen LogP contribution in [0.15, 0.2) is 97.3 Å². The summed E-state index contributed by atoms with van der Waals surface area (Å²) in [6.45, 7) is 19.0. The number of para-hydroxylation sites is 2. The Hall–Kier alpha value is -5.05. The van der Waals surface area contributed by atoms with E-state index >= 15 is 0 Å². The first-order valence-corrected chi connectivity index (χ1v) is 22.4. The standard InChI is InChI=1S/C22H32N4O2Si.C16H18N4O2.C4H8O.ClH/c1-22(2,3)29(4,5)28-19-11-12-20(23-17-19)24-21(27)26-15-13-25(14-16-26)18-9-7-6-8-10-18;21-14-6-7-15(17-12-14)18-16(22)20-10-8-19(9-11-20)13-4-2-1-3-5-13;1-2-4-5-3-1;/h6-12,17H,13-16H2,1-5H3,(H,23,24,27);1-7,12,21H,8-11H2,(H,17,18,22);1-4H2;1H. The molecule has 3 N–H and O–H groups in total. The van der Waals surface area contributed by atoms with E-state index in [-0.39, 0.29) is 35.3 Å². The van der Waals surface area contributed by atoms with Crippen molar-refractivity contribution in [3.8, 4) is 11.5 Å². The normalized spacial score (nSPS) is 15.5. The lowest BCUT2D eigenvalue weighted by atomic mass is 10.2. The van der Waals surface area contributed by atoms with Crippen molar-refractivity contribution in [2.45, 2.75) is 51.7 Å². The fourth-order valence-corrected chi connectivity index (χ4v) is 6.94. The molecular formula is C42H59ClN8O5Si. The summed E-state index contributed by atoms with van der Waals surface area (Å²) in [4.78, 5) is 41.3. The molecule has 0 atom stereocenters. The fourth-order valence-electron chi connectivity index (χ4n) is 5.92. The zero-order valence-electron chi connectivity index (χ0n) is 33.9. The van der Waals surface area contributed by atoms with Crippen molar-refractivity contribution in [3.05, 3.63) is 97.3 Å². The van der Waals surface area contributed by atoms with Gasteiger partial charge >= 0.3 is 12.1 Å². The minimum atomic E-state index is -1.90. The van der Waals surface area contributed by atoms with Crippen LogP contribution in [0.1, 0.15) is 33.6 Å². The van der Waals surface area contributed by atoms with E-state index < -0.39 is 8.32 Å². The van der Waals surface area contributed by atoms with E-state index in [2.05, 4.69) is 88.5 Å². The van der Waals surface area contributed by atoms with Crippen LogP contribution in [0.5, 0.6) is 11.5 Å². The predicted molar refractivity (Wildman–Crippen MR) is 234 cm³/mol. The second-order valence-electron chi connectivity index (χ2n) is 15.4. The van der Waals surface area contributed by atoms with Crippen molar-refractivity contribution in [2.75, 3.05) is 86.0 Å². The van der Waals surface area contributed by atoms with Crippen LogP contribution < -0.4 is 24.9 Å². The fraction of sp³-hybridized carbons (Fsp3) is 0.429. The van der Waals surface area contributed by atoms with Crippen molar-refractivity contribution < 1.29 is 23.9 Å². The number of aromatic hydroxyl groups is 1. The number of amides is 4. The van der Waals surface area contributed by atoms with Gasteiger partial charge in [-0.05, 0) is 79.5 Å². The lowest BCUT2D eigenvalue weighted by Gasteiger charge is -2.36. The number of halogens is 1. The van der Waals surface area contributed by atoms with Gasteiger partial charge in [0.1, 0.15) is 23.1 Å². The molecule has 3 aliphatic heterocycles. The average molecular weight is 820 g/mol. The highest BCUT2D eigenvalue weighted by Crippen LogP contribution is 2.37. The van der Waals surface area contributed by atoms with Crippen molar-refractivity contribution in [1.29, 1.82) is 0 Å². The number of hydrogen-bond acceptors (Lipinski definition) is 9. The number of anilines is 4. The number of nitrogens with zero attached hydrogens (tertiary/aromatic N) is 6. The van der Waals surface area contributed by atoms with Crippen LogP contribution in [0.2, 0.25) is 18.1 Å². The highest BCUT2D eigenvalue weighted by molar-refractivity contribution is 6.74. The minimum absolute atomic E-state index is 0. The number of carbonyl (C=O) groups excluding carboxylic acids is 2. The largest absolute Gasteiger partial charge is 0.542 e. The molecule has 0 radical (unpaired) electrons. The number of ether oxygens (including phenoxy) is 1. The van der Waals surface area contributed by atoms with Gasteiger partial charge in [0.05, 0.1) is 12.4 Å². The van der Waals surface area contributed by atoms with Gasteiger partial charge in [0.2, 0.25) is 0 Å². The molecule has 3 aliphatic rings. The van der Waals surface area contributed by atoms with Crippen LogP contribution in [0.3, 0.4) is 0 Å². The van der Waals surface area contributed by atoms with E-state index in [1.165, 1.54) is 36.5 Å². The summed E-state index contributed by atoms with van der Waals surface area (Å²) in [6.07, 6.45) is 5.56. The summed E-state index contributed by atoms with van der Waals surface area (Å²) in [5.74, 6) is 1.82. The Morgan fingerprint density at radius 3 is 1.46 bits per heavy atom. The van der Waals surface area contributed by atoms with E-state index in [0.717, 1.165) is 45.1 Å². The molecule has 0 unspecified atom stereocenters. The molecule has 7 rings (SSSR count). The number of urea groups is 2. The zero-order valence-corrected chi connectivity index (χ0v) is 35.7. The molecule has 4 amide bonds. The Labute approximate surface area is 344 Å². The van der Waals surface area contributed by atoms with Crippen molar-refractivity contribution in [1.82, 2.24) is 19.8 Å². The van der Waals surface area contributed by atoms with Gasteiger partial charge in [-0.15, -0.1) is 12.4 Å². The number of carbonyl (C=O) groups is 2. The Bertz CT molecular complexity index is 1770. The number of aromatic nitrogens is 2. The molecule has 2 aromatic carbocycles. The molecule has 15 heteroatoms. The molecule has 308 valence electrons. The topological polar surface area (TPSA) is 136 Å². The van der Waals surface area contributed by atoms with Crippen LogP contribution in [-0.2, 0) is 4.74 Å². The van der Waals surface area contributed by atoms with Gasteiger partial charge in [0.15, 0.2) is 0 Å². The summed E-state index contributed by atoms with van der Waals surface area (Å²) >= 11 is 0. The quantitative estimate of drug-likeness (QED) is 0.165. The molecule has 57 heavy (non-hydrogen) atoms. The maximum Gasteiger partial charge on any atom is 0.323 e. The van der Waals surface area contributed by atoms with Gasteiger partial charge in [-0.2, -0.15) is 0 Å². The number of rotatable bonds is 6. The number of pyridine rings is 2. The highest BCUT2D eigenvalue weighted by atomic mass is 35.5. The van der Waals surface area contributed by atoms with Gasteiger partial charge in [0, 0.05) is 76.9 Å². The SMILES string of the molecule is C1CCOC1.CC(C)(C)[Si](C)(C)Oc1ccc(NC(=O)N2CCN(c3ccccc3)CC2)nc1.Cl.O=C(Nc1ccc(O)cn1)N1CCN(c2ccccc2)CC1. The van der Waals surface area contributed by atoms with Gasteiger partial charge in [-0.25, -0.2) is 19.6 Å². The second-order valence-corrected chi connectivity index (χ2v) is 20.2. The van der Waals surface area contributed by atoms with E-state index in [9.17, 15) is 14.7 Å². The van der Waals surface area contributed by atoms with E-state index in [1.54, 1.807) is 23.2 Å². The average Bonchev–Trinajstić information content (AvgIpc) is 3.81. The summed E-state index contributed by atoms with van der Waals surface area (Å²) in [5, 5.41) is 15.0. The van der Waals surface area contributed by atoms with Gasteiger partial charge < -0.3 is 33.9 Å². The number of piperazine rings is 2. The number of nitrogens with one attached hydrogen (secondary N) is 2. The van der Waals surface area contributed by atoms with Crippen molar-refractivity contribution in [3.63, 3.8) is 0 Å². The Morgan fingerprint density at radius 1 is 0.667 bits per heavy atom. The van der Waals surface area contributed by atoms with E-state index in [4.69, 9.17) is 9.16 Å². The van der Waals surface area contributed by atoms with Crippen LogP contribution >= 0.6 is 12.4 Å². The highest BCUT2D eigenvalue weighted by Gasteiger charge is 2.39. The molecule has 0 bridgehead atoms. The minimum Gasteiger partial charge on any atom is -0.542 e. The number of benzene rings is 2. The lowest BCUT2D eigenvalue weighted by molar-refractivity contribution is 0.198. The van der Waals surface area contributed by atoms with Crippen molar-refractivity contribution in [2.24, 2.45) is 0 Å². The molecule has 13 nitrogen and oxygen atoms in total. The first-order chi connectivity index (χ1) is 26.9. The van der Waals surface area contributed by atoms with Crippen LogP contribution in [-0.4, -0.2) is 111 Å². The van der Waals surface area contributed by atoms with Gasteiger partial charge in [-0.1, -0.05) is 57.2 Å². The van der Waals surface area contributed by atoms with Crippen LogP contribution in [0.25, 0.3) is 0 Å². The smallest absolute Gasteiger partial charge is 0.323 e. The zero-order chi connectivity index (χ0) is 40.0.